The predicted molar refractivity (Wildman–Crippen MR) is 108 cm³/mol. The molecule has 142 valence electrons. The molecule has 0 aliphatic carbocycles. The number of carbonyl (C=O) groups is 1. The zero-order valence-corrected chi connectivity index (χ0v) is 16.8. The van der Waals surface area contributed by atoms with Gasteiger partial charge in [-0.15, -0.1) is 11.3 Å². The zero-order chi connectivity index (χ0) is 19.0. The Bertz CT molecular complexity index is 952. The van der Waals surface area contributed by atoms with Gasteiger partial charge in [0.2, 0.25) is 0 Å². The third kappa shape index (κ3) is 4.20. The Balaban J connectivity index is 1.41. The van der Waals surface area contributed by atoms with Gasteiger partial charge in [0.25, 0.3) is 5.91 Å². The van der Waals surface area contributed by atoms with E-state index in [4.69, 9.17) is 0 Å². The van der Waals surface area contributed by atoms with Crippen LogP contribution in [0.15, 0.2) is 29.9 Å². The number of rotatable bonds is 4. The quantitative estimate of drug-likeness (QED) is 0.744. The average molecular weight is 384 g/mol. The van der Waals surface area contributed by atoms with Gasteiger partial charge in [-0.1, -0.05) is 13.8 Å². The van der Waals surface area contributed by atoms with E-state index >= 15 is 0 Å². The fourth-order valence-electron chi connectivity index (χ4n) is 3.94. The van der Waals surface area contributed by atoms with E-state index in [2.05, 4.69) is 34.0 Å². The topological polar surface area (TPSA) is 62.5 Å². The maximum absolute atomic E-state index is 12.5. The van der Waals surface area contributed by atoms with E-state index in [1.54, 1.807) is 6.20 Å². The van der Waals surface area contributed by atoms with Gasteiger partial charge in [-0.2, -0.15) is 0 Å². The van der Waals surface area contributed by atoms with Crippen molar-refractivity contribution < 1.29 is 4.79 Å². The molecule has 1 saturated heterocycles. The van der Waals surface area contributed by atoms with Crippen LogP contribution in [0.2, 0.25) is 0 Å². The number of nitrogens with one attached hydrogen (secondary N) is 1. The number of anilines is 1. The molecule has 1 aliphatic rings. The second kappa shape index (κ2) is 7.40. The van der Waals surface area contributed by atoms with Crippen molar-refractivity contribution in [3.8, 4) is 0 Å². The number of likely N-dealkylation sites (tertiary alicyclic amines) is 1. The summed E-state index contributed by atoms with van der Waals surface area (Å²) in [6.45, 7) is 9.70. The summed E-state index contributed by atoms with van der Waals surface area (Å²) in [5.41, 5.74) is 3.30. The number of piperidine rings is 1. The molecule has 3 aromatic heterocycles. The molecule has 1 N–H and O–H groups in total. The summed E-state index contributed by atoms with van der Waals surface area (Å²) in [6, 6.07) is 3.95. The first-order valence-electron chi connectivity index (χ1n) is 9.40. The number of hydrogen-bond acceptors (Lipinski definition) is 5. The molecule has 27 heavy (non-hydrogen) atoms. The number of aryl methyl sites for hydroxylation is 1. The molecule has 1 fully saturated rings. The second-order valence-electron chi connectivity index (χ2n) is 7.83. The van der Waals surface area contributed by atoms with E-state index in [-0.39, 0.29) is 5.91 Å². The maximum Gasteiger partial charge on any atom is 0.277 e. The highest BCUT2D eigenvalue weighted by Crippen LogP contribution is 2.24. The molecule has 1 aliphatic heterocycles. The SMILES string of the molecule is Cc1ccn2cc(C(=O)Nc3nc(CN4C[C@@H](C)C[C@H](C)C4)cs3)nc2c1. The van der Waals surface area contributed by atoms with Crippen LogP contribution in [0.25, 0.3) is 5.65 Å². The van der Waals surface area contributed by atoms with E-state index in [9.17, 15) is 4.79 Å². The van der Waals surface area contributed by atoms with Gasteiger partial charge >= 0.3 is 0 Å². The van der Waals surface area contributed by atoms with Gasteiger partial charge < -0.3 is 4.40 Å². The lowest BCUT2D eigenvalue weighted by atomic mass is 9.92. The van der Waals surface area contributed by atoms with Crippen LogP contribution in [-0.4, -0.2) is 38.3 Å². The number of carbonyl (C=O) groups excluding carboxylic acids is 1. The Morgan fingerprint density at radius 2 is 2.07 bits per heavy atom. The van der Waals surface area contributed by atoms with Gasteiger partial charge in [-0.05, 0) is 42.9 Å². The van der Waals surface area contributed by atoms with Crippen molar-refractivity contribution in [1.29, 1.82) is 0 Å². The Morgan fingerprint density at radius 3 is 2.85 bits per heavy atom. The number of fused-ring (bicyclic) bond motifs is 1. The highest BCUT2D eigenvalue weighted by atomic mass is 32.1. The fourth-order valence-corrected chi connectivity index (χ4v) is 4.64. The molecule has 0 aromatic carbocycles. The fraction of sp³-hybridized carbons (Fsp3) is 0.450. The normalized spacial score (nSPS) is 20.9. The smallest absolute Gasteiger partial charge is 0.277 e. The van der Waals surface area contributed by atoms with Crippen LogP contribution in [0.4, 0.5) is 5.13 Å². The minimum absolute atomic E-state index is 0.225. The molecule has 0 spiro atoms. The third-order valence-corrected chi connectivity index (χ3v) is 5.76. The first-order chi connectivity index (χ1) is 13.0. The average Bonchev–Trinajstić information content (AvgIpc) is 3.20. The van der Waals surface area contributed by atoms with Crippen LogP contribution in [0.3, 0.4) is 0 Å². The van der Waals surface area contributed by atoms with Gasteiger partial charge in [-0.3, -0.25) is 15.0 Å². The minimum Gasteiger partial charge on any atom is -0.306 e. The monoisotopic (exact) mass is 383 g/mol. The van der Waals surface area contributed by atoms with Gasteiger partial charge in [-0.25, -0.2) is 9.97 Å². The molecule has 6 nitrogen and oxygen atoms in total. The lowest BCUT2D eigenvalue weighted by molar-refractivity contribution is 0.102. The molecule has 2 atom stereocenters. The number of nitrogens with zero attached hydrogens (tertiary/aromatic N) is 4. The number of thiazole rings is 1. The molecule has 4 rings (SSSR count). The van der Waals surface area contributed by atoms with Crippen LogP contribution in [0.1, 0.15) is 42.0 Å². The molecule has 0 saturated carbocycles. The number of aromatic nitrogens is 3. The Labute approximate surface area is 163 Å². The molecule has 0 radical (unpaired) electrons. The van der Waals surface area contributed by atoms with Crippen LogP contribution in [0, 0.1) is 18.8 Å². The highest BCUT2D eigenvalue weighted by Gasteiger charge is 2.22. The minimum atomic E-state index is -0.225. The Morgan fingerprint density at radius 1 is 1.30 bits per heavy atom. The predicted octanol–water partition coefficient (Wildman–Crippen LogP) is 3.83. The molecule has 0 bridgehead atoms. The van der Waals surface area contributed by atoms with Gasteiger partial charge in [0.05, 0.1) is 5.69 Å². The number of pyridine rings is 1. The molecule has 0 unspecified atom stereocenters. The van der Waals surface area contributed by atoms with E-state index in [1.807, 2.05) is 35.0 Å². The number of hydrogen-bond donors (Lipinski definition) is 1. The standard InChI is InChI=1S/C20H25N5OS/c1-13-4-5-25-11-17(22-18(25)7-13)19(26)23-20-21-16(12-27-20)10-24-8-14(2)6-15(3)9-24/h4-5,7,11-12,14-15H,6,8-10H2,1-3H3,(H,21,23,26)/t14-,15-/m0/s1. The van der Waals surface area contributed by atoms with Crippen molar-refractivity contribution in [2.75, 3.05) is 18.4 Å². The van der Waals surface area contributed by atoms with Crippen molar-refractivity contribution in [2.24, 2.45) is 11.8 Å². The summed E-state index contributed by atoms with van der Waals surface area (Å²) >= 11 is 1.47. The van der Waals surface area contributed by atoms with Crippen LogP contribution < -0.4 is 5.32 Å². The molecule has 1 amide bonds. The van der Waals surface area contributed by atoms with Gasteiger partial charge in [0.1, 0.15) is 11.3 Å². The summed E-state index contributed by atoms with van der Waals surface area (Å²) in [7, 11) is 0. The van der Waals surface area contributed by atoms with Crippen molar-refractivity contribution in [1.82, 2.24) is 19.3 Å². The summed E-state index contributed by atoms with van der Waals surface area (Å²) < 4.78 is 1.86. The maximum atomic E-state index is 12.5. The van der Waals surface area contributed by atoms with Crippen LogP contribution in [0.5, 0.6) is 0 Å². The summed E-state index contributed by atoms with van der Waals surface area (Å²) in [4.78, 5) is 24.0. The van der Waals surface area contributed by atoms with Crippen molar-refractivity contribution in [3.05, 3.63) is 46.9 Å². The van der Waals surface area contributed by atoms with Gasteiger partial charge in [0, 0.05) is 37.4 Å². The Hall–Kier alpha value is -2.25. The first-order valence-corrected chi connectivity index (χ1v) is 10.3. The van der Waals surface area contributed by atoms with Gasteiger partial charge in [0.15, 0.2) is 5.13 Å². The highest BCUT2D eigenvalue weighted by molar-refractivity contribution is 7.13. The number of amides is 1. The zero-order valence-electron chi connectivity index (χ0n) is 16.0. The molecule has 3 aromatic rings. The Kier molecular flexibility index (Phi) is 4.97. The second-order valence-corrected chi connectivity index (χ2v) is 8.69. The number of imidazole rings is 1. The molecule has 4 heterocycles. The van der Waals surface area contributed by atoms with Crippen molar-refractivity contribution in [3.63, 3.8) is 0 Å². The lowest BCUT2D eigenvalue weighted by Crippen LogP contribution is -2.38. The lowest BCUT2D eigenvalue weighted by Gasteiger charge is -2.34. The van der Waals surface area contributed by atoms with Crippen molar-refractivity contribution >= 4 is 28.0 Å². The van der Waals surface area contributed by atoms with E-state index in [0.29, 0.717) is 10.8 Å². The van der Waals surface area contributed by atoms with E-state index in [1.165, 1.54) is 17.8 Å². The molecular weight excluding hydrogens is 358 g/mol. The third-order valence-electron chi connectivity index (χ3n) is 4.95. The summed E-state index contributed by atoms with van der Waals surface area (Å²) in [5, 5.41) is 5.54. The molecular formula is C20H25N5OS. The molecule has 7 heteroatoms. The van der Waals surface area contributed by atoms with Crippen molar-refractivity contribution in [2.45, 2.75) is 33.7 Å². The van der Waals surface area contributed by atoms with E-state index < -0.39 is 0 Å². The van der Waals surface area contributed by atoms with Crippen LogP contribution in [-0.2, 0) is 6.54 Å². The largest absolute Gasteiger partial charge is 0.306 e. The summed E-state index contributed by atoms with van der Waals surface area (Å²) in [6.07, 6.45) is 4.96. The van der Waals surface area contributed by atoms with Crippen LogP contribution >= 0.6 is 11.3 Å². The van der Waals surface area contributed by atoms with E-state index in [0.717, 1.165) is 48.4 Å². The summed E-state index contributed by atoms with van der Waals surface area (Å²) in [5.74, 6) is 1.23. The first kappa shape index (κ1) is 18.1.